The molecule has 5 aromatic carbocycles. The molecule has 0 aliphatic heterocycles. The molecule has 0 atom stereocenters. The summed E-state index contributed by atoms with van der Waals surface area (Å²) < 4.78 is 1.05. The Morgan fingerprint density at radius 2 is 1.21 bits per heavy atom. The van der Waals surface area contributed by atoms with E-state index in [0.717, 1.165) is 20.6 Å². The Kier molecular flexibility index (Phi) is 4.43. The van der Waals surface area contributed by atoms with Crippen LogP contribution in [-0.4, -0.2) is 0 Å². The van der Waals surface area contributed by atoms with Crippen molar-refractivity contribution in [3.05, 3.63) is 107 Å². The normalized spacial score (nSPS) is 11.2. The predicted octanol–water partition coefficient (Wildman–Crippen LogP) is 8.74. The van der Waals surface area contributed by atoms with E-state index in [0.29, 0.717) is 0 Å². The Morgan fingerprint density at radius 1 is 0.536 bits per heavy atom. The fourth-order valence-electron chi connectivity index (χ4n) is 3.78. The van der Waals surface area contributed by atoms with Gasteiger partial charge in [0.25, 0.3) is 0 Å². The highest BCUT2D eigenvalue weighted by Gasteiger charge is 2.08. The second-order valence-corrected chi connectivity index (χ2v) is 8.22. The van der Waals surface area contributed by atoms with Crippen molar-refractivity contribution in [1.29, 1.82) is 0 Å². The first-order valence-electron chi connectivity index (χ1n) is 9.16. The molecule has 0 saturated carbocycles. The van der Waals surface area contributed by atoms with Crippen LogP contribution in [0.4, 0.5) is 0 Å². The molecule has 0 N–H and O–H groups in total. The maximum atomic E-state index is 6.20. The summed E-state index contributed by atoms with van der Waals surface area (Å²) in [5.41, 5.74) is 4.76. The van der Waals surface area contributed by atoms with Gasteiger partial charge in [-0.15, -0.1) is 0 Å². The fraction of sp³-hybridized carbons (Fsp3) is 0. The molecular formula is C26H16BrCl. The molecule has 0 unspecified atom stereocenters. The van der Waals surface area contributed by atoms with Crippen molar-refractivity contribution in [1.82, 2.24) is 0 Å². The highest BCUT2D eigenvalue weighted by atomic mass is 79.9. The van der Waals surface area contributed by atoms with Crippen molar-refractivity contribution >= 4 is 49.1 Å². The summed E-state index contributed by atoms with van der Waals surface area (Å²) in [7, 11) is 0. The molecule has 0 radical (unpaired) electrons. The molecule has 5 aromatic rings. The Morgan fingerprint density at radius 3 is 2.00 bits per heavy atom. The van der Waals surface area contributed by atoms with Gasteiger partial charge in [0, 0.05) is 9.50 Å². The lowest BCUT2D eigenvalue weighted by Gasteiger charge is -2.10. The van der Waals surface area contributed by atoms with Crippen LogP contribution in [0.25, 0.3) is 43.8 Å². The Hall–Kier alpha value is -2.61. The third kappa shape index (κ3) is 3.11. The number of hydrogen-bond donors (Lipinski definition) is 0. The van der Waals surface area contributed by atoms with E-state index in [-0.39, 0.29) is 0 Å². The molecule has 2 heteroatoms. The zero-order valence-corrected chi connectivity index (χ0v) is 17.3. The first-order chi connectivity index (χ1) is 13.7. The summed E-state index contributed by atoms with van der Waals surface area (Å²) in [6, 6.07) is 34.2. The van der Waals surface area contributed by atoms with E-state index >= 15 is 0 Å². The first kappa shape index (κ1) is 17.5. The van der Waals surface area contributed by atoms with Crippen molar-refractivity contribution in [2.75, 3.05) is 0 Å². The molecule has 0 bridgehead atoms. The largest absolute Gasteiger partial charge is 0.0843 e. The van der Waals surface area contributed by atoms with Crippen LogP contribution in [0.2, 0.25) is 5.02 Å². The Bertz CT molecular complexity index is 1330. The van der Waals surface area contributed by atoms with E-state index in [2.05, 4.69) is 94.8 Å². The van der Waals surface area contributed by atoms with Gasteiger partial charge in [-0.2, -0.15) is 0 Å². The van der Waals surface area contributed by atoms with Gasteiger partial charge in [0.05, 0.1) is 0 Å². The van der Waals surface area contributed by atoms with Crippen LogP contribution in [0.5, 0.6) is 0 Å². The van der Waals surface area contributed by atoms with Crippen molar-refractivity contribution in [3.63, 3.8) is 0 Å². The van der Waals surface area contributed by atoms with Gasteiger partial charge in [0.2, 0.25) is 0 Å². The van der Waals surface area contributed by atoms with Crippen LogP contribution in [0, 0.1) is 0 Å². The number of halogens is 2. The lowest BCUT2D eigenvalue weighted by molar-refractivity contribution is 1.60. The molecule has 5 rings (SSSR count). The molecule has 0 nitrogen and oxygen atoms in total. The second kappa shape index (κ2) is 7.09. The number of fused-ring (bicyclic) bond motifs is 2. The smallest absolute Gasteiger partial charge is 0.0412 e. The summed E-state index contributed by atoms with van der Waals surface area (Å²) in [6.45, 7) is 0. The lowest BCUT2D eigenvalue weighted by atomic mass is 9.95. The van der Waals surface area contributed by atoms with E-state index in [1.807, 2.05) is 18.2 Å². The number of rotatable bonds is 2. The summed E-state index contributed by atoms with van der Waals surface area (Å²) in [5.74, 6) is 0. The van der Waals surface area contributed by atoms with Gasteiger partial charge in [-0.25, -0.2) is 0 Å². The SMILES string of the molecule is Clc1ccc(Br)c(-c2ccc3cc(-c4cccc5ccccc45)ccc3c2)c1. The van der Waals surface area contributed by atoms with E-state index in [4.69, 9.17) is 11.6 Å². The van der Waals surface area contributed by atoms with Gasteiger partial charge in [-0.1, -0.05) is 94.3 Å². The molecule has 0 spiro atoms. The van der Waals surface area contributed by atoms with Gasteiger partial charge in [-0.3, -0.25) is 0 Å². The van der Waals surface area contributed by atoms with Gasteiger partial charge in [0.15, 0.2) is 0 Å². The summed E-state index contributed by atoms with van der Waals surface area (Å²) in [6.07, 6.45) is 0. The summed E-state index contributed by atoms with van der Waals surface area (Å²) >= 11 is 9.84. The standard InChI is InChI=1S/C26H16BrCl/c27-26-13-12-22(28)16-25(26)21-11-9-18-14-20(10-8-19(18)15-21)24-7-3-5-17-4-1-2-6-23(17)24/h1-16H. The highest BCUT2D eigenvalue weighted by molar-refractivity contribution is 9.10. The van der Waals surface area contributed by atoms with Crippen molar-refractivity contribution < 1.29 is 0 Å². The molecule has 0 fully saturated rings. The quantitative estimate of drug-likeness (QED) is 0.256. The molecule has 28 heavy (non-hydrogen) atoms. The fourth-order valence-corrected chi connectivity index (χ4v) is 4.42. The Labute approximate surface area is 177 Å². The zero-order chi connectivity index (χ0) is 19.1. The minimum atomic E-state index is 0.740. The molecule has 0 saturated heterocycles. The molecule has 0 aliphatic rings. The van der Waals surface area contributed by atoms with E-state index in [1.165, 1.54) is 32.7 Å². The molecule has 0 heterocycles. The lowest BCUT2D eigenvalue weighted by Crippen LogP contribution is -1.84. The molecule has 134 valence electrons. The third-order valence-electron chi connectivity index (χ3n) is 5.18. The predicted molar refractivity (Wildman–Crippen MR) is 125 cm³/mol. The summed E-state index contributed by atoms with van der Waals surface area (Å²) in [4.78, 5) is 0. The molecule has 0 amide bonds. The third-order valence-corrected chi connectivity index (χ3v) is 6.11. The van der Waals surface area contributed by atoms with E-state index in [9.17, 15) is 0 Å². The first-order valence-corrected chi connectivity index (χ1v) is 10.3. The van der Waals surface area contributed by atoms with Crippen molar-refractivity contribution in [2.45, 2.75) is 0 Å². The van der Waals surface area contributed by atoms with Crippen LogP contribution in [0.3, 0.4) is 0 Å². The number of hydrogen-bond acceptors (Lipinski definition) is 0. The van der Waals surface area contributed by atoms with Crippen LogP contribution >= 0.6 is 27.5 Å². The van der Waals surface area contributed by atoms with Crippen molar-refractivity contribution in [2.24, 2.45) is 0 Å². The van der Waals surface area contributed by atoms with Gasteiger partial charge >= 0.3 is 0 Å². The van der Waals surface area contributed by atoms with Crippen LogP contribution in [0.15, 0.2) is 102 Å². The maximum absolute atomic E-state index is 6.20. The maximum Gasteiger partial charge on any atom is 0.0412 e. The average molecular weight is 444 g/mol. The molecular weight excluding hydrogens is 428 g/mol. The monoisotopic (exact) mass is 442 g/mol. The highest BCUT2D eigenvalue weighted by Crippen LogP contribution is 2.35. The van der Waals surface area contributed by atoms with Crippen LogP contribution in [-0.2, 0) is 0 Å². The van der Waals surface area contributed by atoms with Gasteiger partial charge in [0.1, 0.15) is 0 Å². The molecule has 0 aliphatic carbocycles. The van der Waals surface area contributed by atoms with Crippen LogP contribution < -0.4 is 0 Å². The Balaban J connectivity index is 1.64. The van der Waals surface area contributed by atoms with Gasteiger partial charge in [-0.05, 0) is 74.1 Å². The van der Waals surface area contributed by atoms with E-state index in [1.54, 1.807) is 0 Å². The zero-order valence-electron chi connectivity index (χ0n) is 15.0. The van der Waals surface area contributed by atoms with E-state index < -0.39 is 0 Å². The average Bonchev–Trinajstić information content (AvgIpc) is 2.74. The topological polar surface area (TPSA) is 0 Å². The summed E-state index contributed by atoms with van der Waals surface area (Å²) in [5, 5.41) is 5.73. The van der Waals surface area contributed by atoms with Gasteiger partial charge < -0.3 is 0 Å². The van der Waals surface area contributed by atoms with Crippen molar-refractivity contribution in [3.8, 4) is 22.3 Å². The minimum Gasteiger partial charge on any atom is -0.0843 e. The number of benzene rings is 5. The van der Waals surface area contributed by atoms with Crippen LogP contribution in [0.1, 0.15) is 0 Å². The second-order valence-electron chi connectivity index (χ2n) is 6.93. The minimum absolute atomic E-state index is 0.740. The molecule has 0 aromatic heterocycles.